The summed E-state index contributed by atoms with van der Waals surface area (Å²) >= 11 is 3.35. The van der Waals surface area contributed by atoms with E-state index in [1.54, 1.807) is 0 Å². The van der Waals surface area contributed by atoms with Crippen molar-refractivity contribution in [2.24, 2.45) is 0 Å². The van der Waals surface area contributed by atoms with Gasteiger partial charge >= 0.3 is 0 Å². The van der Waals surface area contributed by atoms with Gasteiger partial charge in [0, 0.05) is 24.7 Å². The predicted octanol–water partition coefficient (Wildman–Crippen LogP) is 3.12. The Morgan fingerprint density at radius 3 is 2.79 bits per heavy atom. The zero-order valence-corrected chi connectivity index (χ0v) is 13.1. The highest BCUT2D eigenvalue weighted by atomic mass is 79.9. The molecule has 0 aliphatic carbocycles. The van der Waals surface area contributed by atoms with E-state index in [0.717, 1.165) is 16.6 Å². The molecule has 0 saturated carbocycles. The summed E-state index contributed by atoms with van der Waals surface area (Å²) in [6.07, 6.45) is 4.04. The summed E-state index contributed by atoms with van der Waals surface area (Å²) in [5, 5.41) is 13.4. The van der Waals surface area contributed by atoms with Crippen molar-refractivity contribution in [1.82, 2.24) is 10.2 Å². The zero-order chi connectivity index (χ0) is 13.7. The molecule has 3 nitrogen and oxygen atoms in total. The maximum absolute atomic E-state index is 9.93. The molecule has 0 bridgehead atoms. The van der Waals surface area contributed by atoms with Gasteiger partial charge in [-0.05, 0) is 54.9 Å². The molecule has 1 aliphatic rings. The number of phenolic OH excluding ortho intramolecular Hbond substituents is 1. The van der Waals surface area contributed by atoms with Gasteiger partial charge in [-0.2, -0.15) is 0 Å². The van der Waals surface area contributed by atoms with Gasteiger partial charge in [0.05, 0.1) is 4.47 Å². The smallest absolute Gasteiger partial charge is 0.134 e. The Labute approximate surface area is 124 Å². The molecule has 2 rings (SSSR count). The van der Waals surface area contributed by atoms with Crippen LogP contribution >= 0.6 is 15.9 Å². The fourth-order valence-electron chi connectivity index (χ4n) is 2.58. The molecular formula is C15H23BrN2O. The summed E-state index contributed by atoms with van der Waals surface area (Å²) in [4.78, 5) is 2.53. The van der Waals surface area contributed by atoms with Crippen LogP contribution in [0.25, 0.3) is 0 Å². The van der Waals surface area contributed by atoms with E-state index in [0.29, 0.717) is 18.3 Å². The first-order valence-electron chi connectivity index (χ1n) is 7.09. The lowest BCUT2D eigenvalue weighted by molar-refractivity contribution is 0.208. The lowest BCUT2D eigenvalue weighted by atomic mass is 10.1. The number of hydrogen-bond acceptors (Lipinski definition) is 3. The van der Waals surface area contributed by atoms with Gasteiger partial charge in [0.15, 0.2) is 0 Å². The Hall–Kier alpha value is -0.580. The number of piperidine rings is 1. The van der Waals surface area contributed by atoms with Gasteiger partial charge in [-0.25, -0.2) is 0 Å². The van der Waals surface area contributed by atoms with Crippen LogP contribution in [-0.4, -0.2) is 35.7 Å². The van der Waals surface area contributed by atoms with Crippen molar-refractivity contribution in [3.05, 3.63) is 28.2 Å². The molecule has 2 N–H and O–H groups in total. The number of hydrogen-bond donors (Lipinski definition) is 2. The van der Waals surface area contributed by atoms with Gasteiger partial charge < -0.3 is 15.3 Å². The molecule has 4 heteroatoms. The molecule has 0 amide bonds. The molecule has 106 valence electrons. The van der Waals surface area contributed by atoms with E-state index in [9.17, 15) is 5.11 Å². The summed E-state index contributed by atoms with van der Waals surface area (Å²) < 4.78 is 0.760. The van der Waals surface area contributed by atoms with Crippen molar-refractivity contribution in [2.45, 2.75) is 38.8 Å². The lowest BCUT2D eigenvalue weighted by Gasteiger charge is -2.29. The number of phenols is 1. The van der Waals surface area contributed by atoms with E-state index in [2.05, 4.69) is 33.1 Å². The number of likely N-dealkylation sites (tertiary alicyclic amines) is 1. The molecule has 1 heterocycles. The van der Waals surface area contributed by atoms with Crippen LogP contribution in [0.2, 0.25) is 0 Å². The number of rotatable bonds is 5. The number of para-hydroxylation sites is 1. The van der Waals surface area contributed by atoms with Crippen molar-refractivity contribution >= 4 is 15.9 Å². The summed E-state index contributed by atoms with van der Waals surface area (Å²) in [5.74, 6) is 0.347. The van der Waals surface area contributed by atoms with Crippen LogP contribution in [-0.2, 0) is 6.54 Å². The van der Waals surface area contributed by atoms with Crippen LogP contribution in [0, 0.1) is 0 Å². The van der Waals surface area contributed by atoms with Crippen molar-refractivity contribution in [2.75, 3.05) is 19.6 Å². The van der Waals surface area contributed by atoms with Crippen LogP contribution in [0.1, 0.15) is 31.7 Å². The number of halogens is 1. The minimum Gasteiger partial charge on any atom is -0.506 e. The number of aromatic hydroxyl groups is 1. The third kappa shape index (κ3) is 4.48. The second kappa shape index (κ2) is 7.27. The van der Waals surface area contributed by atoms with Crippen LogP contribution in [0.3, 0.4) is 0 Å². The maximum atomic E-state index is 9.93. The highest BCUT2D eigenvalue weighted by Gasteiger charge is 2.13. The molecule has 1 aliphatic heterocycles. The average molecular weight is 327 g/mol. The van der Waals surface area contributed by atoms with Gasteiger partial charge in [-0.15, -0.1) is 0 Å². The van der Waals surface area contributed by atoms with Gasteiger partial charge in [-0.1, -0.05) is 18.6 Å². The standard InChI is InChI=1S/C15H23BrN2O/c1-12(11-18-8-3-2-4-9-18)17-10-13-6-5-7-14(16)15(13)19/h5-7,12,17,19H,2-4,8-11H2,1H3. The van der Waals surface area contributed by atoms with Gasteiger partial charge in [0.1, 0.15) is 5.75 Å². The highest BCUT2D eigenvalue weighted by molar-refractivity contribution is 9.10. The highest BCUT2D eigenvalue weighted by Crippen LogP contribution is 2.27. The largest absolute Gasteiger partial charge is 0.506 e. The Morgan fingerprint density at radius 1 is 1.32 bits per heavy atom. The second-order valence-electron chi connectivity index (χ2n) is 5.39. The second-order valence-corrected chi connectivity index (χ2v) is 6.25. The van der Waals surface area contributed by atoms with E-state index in [1.165, 1.54) is 32.4 Å². The van der Waals surface area contributed by atoms with E-state index in [-0.39, 0.29) is 0 Å². The van der Waals surface area contributed by atoms with E-state index >= 15 is 0 Å². The molecule has 0 aromatic heterocycles. The maximum Gasteiger partial charge on any atom is 0.134 e. The van der Waals surface area contributed by atoms with Crippen molar-refractivity contribution in [1.29, 1.82) is 0 Å². The summed E-state index contributed by atoms with van der Waals surface area (Å²) in [5.41, 5.74) is 0.944. The number of nitrogens with one attached hydrogen (secondary N) is 1. The fraction of sp³-hybridized carbons (Fsp3) is 0.600. The van der Waals surface area contributed by atoms with Gasteiger partial charge in [-0.3, -0.25) is 0 Å². The third-order valence-corrected chi connectivity index (χ3v) is 4.33. The summed E-state index contributed by atoms with van der Waals surface area (Å²) in [7, 11) is 0. The SMILES string of the molecule is CC(CN1CCCCC1)NCc1cccc(Br)c1O. The van der Waals surface area contributed by atoms with E-state index in [4.69, 9.17) is 0 Å². The topological polar surface area (TPSA) is 35.5 Å². The molecule has 1 atom stereocenters. The fourth-order valence-corrected chi connectivity index (χ4v) is 2.99. The summed E-state index contributed by atoms with van der Waals surface area (Å²) in [6.45, 7) is 6.47. The molecular weight excluding hydrogens is 304 g/mol. The molecule has 1 unspecified atom stereocenters. The normalized spacial score (nSPS) is 18.4. The Kier molecular flexibility index (Phi) is 5.67. The quantitative estimate of drug-likeness (QED) is 0.872. The minimum absolute atomic E-state index is 0.347. The van der Waals surface area contributed by atoms with Crippen LogP contribution in [0.5, 0.6) is 5.75 Å². The first kappa shape index (κ1) is 14.8. The van der Waals surface area contributed by atoms with Crippen LogP contribution < -0.4 is 5.32 Å². The van der Waals surface area contributed by atoms with Crippen LogP contribution in [0.15, 0.2) is 22.7 Å². The van der Waals surface area contributed by atoms with Crippen molar-refractivity contribution in [3.63, 3.8) is 0 Å². The molecule has 0 spiro atoms. The molecule has 1 fully saturated rings. The first-order valence-corrected chi connectivity index (χ1v) is 7.88. The summed E-state index contributed by atoms with van der Waals surface area (Å²) in [6, 6.07) is 6.21. The molecule has 1 aromatic carbocycles. The monoisotopic (exact) mass is 326 g/mol. The van der Waals surface area contributed by atoms with Gasteiger partial charge in [0.2, 0.25) is 0 Å². The predicted molar refractivity (Wildman–Crippen MR) is 82.4 cm³/mol. The molecule has 1 aromatic rings. The van der Waals surface area contributed by atoms with Crippen molar-refractivity contribution in [3.8, 4) is 5.75 Å². The molecule has 0 radical (unpaired) electrons. The first-order chi connectivity index (χ1) is 9.16. The Bertz CT molecular complexity index is 405. The Morgan fingerprint density at radius 2 is 2.05 bits per heavy atom. The van der Waals surface area contributed by atoms with Crippen LogP contribution in [0.4, 0.5) is 0 Å². The lowest BCUT2D eigenvalue weighted by Crippen LogP contribution is -2.41. The minimum atomic E-state index is 0.347. The van der Waals surface area contributed by atoms with E-state index in [1.807, 2.05) is 18.2 Å². The molecule has 1 saturated heterocycles. The van der Waals surface area contributed by atoms with Crippen molar-refractivity contribution < 1.29 is 5.11 Å². The zero-order valence-electron chi connectivity index (χ0n) is 11.5. The molecule has 19 heavy (non-hydrogen) atoms. The number of benzene rings is 1. The Balaban J connectivity index is 1.79. The number of nitrogens with zero attached hydrogens (tertiary/aromatic N) is 1. The average Bonchev–Trinajstić information content (AvgIpc) is 2.42. The van der Waals surface area contributed by atoms with Gasteiger partial charge in [0.25, 0.3) is 0 Å². The third-order valence-electron chi connectivity index (χ3n) is 3.69. The van der Waals surface area contributed by atoms with E-state index < -0.39 is 0 Å².